The average Bonchev–Trinajstić information content (AvgIpc) is 2.12. The van der Waals surface area contributed by atoms with Gasteiger partial charge in [0.2, 0.25) is 11.6 Å². The van der Waals surface area contributed by atoms with E-state index in [0.29, 0.717) is 0 Å². The first-order valence-electron chi connectivity index (χ1n) is 3.52. The van der Waals surface area contributed by atoms with Crippen LogP contribution < -0.4 is 0 Å². The number of aliphatic hydroxyl groups is 1. The standard InChI is InChI=1S/C7H10O6/c1-3(8)5(9)7(11)6(10)4(2)13-12/h3-4,8,12H,1-2H3. The van der Waals surface area contributed by atoms with Crippen LogP contribution in [0.5, 0.6) is 0 Å². The van der Waals surface area contributed by atoms with Gasteiger partial charge in [0.25, 0.3) is 5.78 Å². The highest BCUT2D eigenvalue weighted by molar-refractivity contribution is 6.65. The molecule has 0 aliphatic carbocycles. The Morgan fingerprint density at radius 1 is 1.15 bits per heavy atom. The van der Waals surface area contributed by atoms with E-state index in [1.54, 1.807) is 0 Å². The molecule has 2 atom stereocenters. The summed E-state index contributed by atoms with van der Waals surface area (Å²) in [7, 11) is 0. The first-order chi connectivity index (χ1) is 5.91. The molecule has 0 aliphatic heterocycles. The lowest BCUT2D eigenvalue weighted by Crippen LogP contribution is -2.37. The maximum Gasteiger partial charge on any atom is 0.269 e. The summed E-state index contributed by atoms with van der Waals surface area (Å²) >= 11 is 0. The minimum Gasteiger partial charge on any atom is -0.385 e. The lowest BCUT2D eigenvalue weighted by atomic mass is 10.1. The maximum atomic E-state index is 10.9. The Kier molecular flexibility index (Phi) is 4.39. The second-order valence-corrected chi connectivity index (χ2v) is 2.48. The fourth-order valence-electron chi connectivity index (χ4n) is 0.544. The maximum absolute atomic E-state index is 10.9. The van der Waals surface area contributed by atoms with Gasteiger partial charge in [-0.25, -0.2) is 4.89 Å². The van der Waals surface area contributed by atoms with Crippen molar-refractivity contribution in [3.05, 3.63) is 0 Å². The molecular weight excluding hydrogens is 180 g/mol. The summed E-state index contributed by atoms with van der Waals surface area (Å²) < 4.78 is 0. The molecule has 0 heterocycles. The Labute approximate surface area is 74.0 Å². The van der Waals surface area contributed by atoms with Gasteiger partial charge in [0.1, 0.15) is 6.10 Å². The molecule has 0 amide bonds. The van der Waals surface area contributed by atoms with E-state index in [1.165, 1.54) is 0 Å². The van der Waals surface area contributed by atoms with Crippen LogP contribution in [0.15, 0.2) is 0 Å². The lowest BCUT2D eigenvalue weighted by molar-refractivity contribution is -0.265. The van der Waals surface area contributed by atoms with E-state index in [4.69, 9.17) is 10.4 Å². The molecule has 0 radical (unpaired) electrons. The molecule has 13 heavy (non-hydrogen) atoms. The van der Waals surface area contributed by atoms with Crippen LogP contribution in [0.4, 0.5) is 0 Å². The number of carbonyl (C=O) groups excluding carboxylic acids is 3. The SMILES string of the molecule is CC(O)C(=O)C(=O)C(=O)C(C)OO. The number of ketones is 3. The molecule has 0 aromatic rings. The van der Waals surface area contributed by atoms with Crippen molar-refractivity contribution in [3.8, 4) is 0 Å². The van der Waals surface area contributed by atoms with Crippen LogP contribution in [-0.4, -0.2) is 39.9 Å². The van der Waals surface area contributed by atoms with Crippen LogP contribution >= 0.6 is 0 Å². The van der Waals surface area contributed by atoms with Crippen LogP contribution in [0.1, 0.15) is 13.8 Å². The van der Waals surface area contributed by atoms with Crippen molar-refractivity contribution in [1.82, 2.24) is 0 Å². The molecule has 0 aromatic carbocycles. The zero-order valence-electron chi connectivity index (χ0n) is 7.18. The average molecular weight is 190 g/mol. The van der Waals surface area contributed by atoms with Crippen LogP contribution in [-0.2, 0) is 19.3 Å². The van der Waals surface area contributed by atoms with Gasteiger partial charge in [-0.05, 0) is 13.8 Å². The molecule has 0 fully saturated rings. The summed E-state index contributed by atoms with van der Waals surface area (Å²) in [5.74, 6) is -3.78. The number of hydrogen-bond donors (Lipinski definition) is 2. The van der Waals surface area contributed by atoms with Gasteiger partial charge in [0, 0.05) is 0 Å². The van der Waals surface area contributed by atoms with Crippen LogP contribution in [0, 0.1) is 0 Å². The van der Waals surface area contributed by atoms with E-state index < -0.39 is 29.6 Å². The van der Waals surface area contributed by atoms with Crippen molar-refractivity contribution in [2.45, 2.75) is 26.1 Å². The quantitative estimate of drug-likeness (QED) is 0.248. The fourth-order valence-corrected chi connectivity index (χ4v) is 0.544. The van der Waals surface area contributed by atoms with E-state index in [1.807, 2.05) is 0 Å². The molecule has 0 aromatic heterocycles. The molecule has 0 saturated carbocycles. The van der Waals surface area contributed by atoms with Crippen LogP contribution in [0.2, 0.25) is 0 Å². The van der Waals surface area contributed by atoms with Gasteiger partial charge < -0.3 is 5.11 Å². The zero-order chi connectivity index (χ0) is 10.6. The summed E-state index contributed by atoms with van der Waals surface area (Å²) in [6.45, 7) is 2.17. The van der Waals surface area contributed by atoms with E-state index in [9.17, 15) is 14.4 Å². The zero-order valence-corrected chi connectivity index (χ0v) is 7.18. The summed E-state index contributed by atoms with van der Waals surface area (Å²) in [4.78, 5) is 36.0. The van der Waals surface area contributed by atoms with E-state index in [0.717, 1.165) is 13.8 Å². The van der Waals surface area contributed by atoms with Gasteiger partial charge in [0.05, 0.1) is 0 Å². The molecule has 6 nitrogen and oxygen atoms in total. The highest BCUT2D eigenvalue weighted by atomic mass is 17.1. The fraction of sp³-hybridized carbons (Fsp3) is 0.571. The van der Waals surface area contributed by atoms with Crippen LogP contribution in [0.3, 0.4) is 0 Å². The summed E-state index contributed by atoms with van der Waals surface area (Å²) in [5, 5.41) is 16.7. The normalized spacial score (nSPS) is 14.8. The number of carbonyl (C=O) groups is 3. The van der Waals surface area contributed by atoms with Gasteiger partial charge in [-0.3, -0.25) is 19.6 Å². The predicted molar refractivity (Wildman–Crippen MR) is 39.9 cm³/mol. The highest BCUT2D eigenvalue weighted by Gasteiger charge is 2.30. The first-order valence-corrected chi connectivity index (χ1v) is 3.52. The lowest BCUT2D eigenvalue weighted by Gasteiger charge is -2.05. The number of hydrogen-bond acceptors (Lipinski definition) is 6. The topological polar surface area (TPSA) is 101 Å². The van der Waals surface area contributed by atoms with Gasteiger partial charge in [-0.1, -0.05) is 0 Å². The smallest absolute Gasteiger partial charge is 0.269 e. The molecule has 0 bridgehead atoms. The Balaban J connectivity index is 4.44. The Hall–Kier alpha value is -1.11. The third kappa shape index (κ3) is 3.02. The van der Waals surface area contributed by atoms with Crippen molar-refractivity contribution in [3.63, 3.8) is 0 Å². The van der Waals surface area contributed by atoms with E-state index >= 15 is 0 Å². The van der Waals surface area contributed by atoms with Gasteiger partial charge in [-0.15, -0.1) is 0 Å². The molecule has 2 N–H and O–H groups in total. The molecule has 6 heteroatoms. The molecule has 0 rings (SSSR count). The second-order valence-electron chi connectivity index (χ2n) is 2.48. The van der Waals surface area contributed by atoms with Crippen molar-refractivity contribution >= 4 is 17.3 Å². The van der Waals surface area contributed by atoms with E-state index in [2.05, 4.69) is 4.89 Å². The molecule has 74 valence electrons. The number of rotatable bonds is 5. The van der Waals surface area contributed by atoms with Gasteiger partial charge in [0.15, 0.2) is 6.10 Å². The third-order valence-corrected chi connectivity index (χ3v) is 1.35. The molecule has 0 saturated heterocycles. The summed E-state index contributed by atoms with van der Waals surface area (Å²) in [5.41, 5.74) is 0. The van der Waals surface area contributed by atoms with Crippen molar-refractivity contribution in [1.29, 1.82) is 0 Å². The Bertz CT molecular complexity index is 231. The monoisotopic (exact) mass is 190 g/mol. The minimum absolute atomic E-state index is 1.07. The number of Topliss-reactive ketones (excluding diaryl/α,β-unsaturated/α-hetero) is 3. The van der Waals surface area contributed by atoms with Gasteiger partial charge in [-0.2, -0.15) is 0 Å². The van der Waals surface area contributed by atoms with Crippen molar-refractivity contribution < 1.29 is 29.6 Å². The number of aliphatic hydroxyl groups excluding tert-OH is 1. The molecule has 2 unspecified atom stereocenters. The highest BCUT2D eigenvalue weighted by Crippen LogP contribution is 1.95. The summed E-state index contributed by atoms with van der Waals surface area (Å²) in [6.07, 6.45) is -2.92. The van der Waals surface area contributed by atoms with Crippen molar-refractivity contribution in [2.24, 2.45) is 0 Å². The molecular formula is C7H10O6. The molecule has 0 spiro atoms. The third-order valence-electron chi connectivity index (χ3n) is 1.35. The van der Waals surface area contributed by atoms with Crippen LogP contribution in [0.25, 0.3) is 0 Å². The van der Waals surface area contributed by atoms with E-state index in [-0.39, 0.29) is 0 Å². The second kappa shape index (κ2) is 4.80. The predicted octanol–water partition coefficient (Wildman–Crippen LogP) is -1.05. The van der Waals surface area contributed by atoms with Crippen molar-refractivity contribution in [2.75, 3.05) is 0 Å². The largest absolute Gasteiger partial charge is 0.385 e. The Morgan fingerprint density at radius 3 is 1.92 bits per heavy atom. The minimum atomic E-state index is -1.53. The summed E-state index contributed by atoms with van der Waals surface area (Å²) in [6, 6.07) is 0. The van der Waals surface area contributed by atoms with Gasteiger partial charge >= 0.3 is 0 Å². The first kappa shape index (κ1) is 11.9. The molecule has 0 aliphatic rings. The Morgan fingerprint density at radius 2 is 1.62 bits per heavy atom.